The number of nitrogens with one attached hydrogen (secondary N) is 1. The first kappa shape index (κ1) is 18.4. The van der Waals surface area contributed by atoms with Crippen LogP contribution >= 0.6 is 23.2 Å². The van der Waals surface area contributed by atoms with Gasteiger partial charge < -0.3 is 19.5 Å². The second kappa shape index (κ2) is 8.29. The summed E-state index contributed by atoms with van der Waals surface area (Å²) in [6.45, 7) is 0.101. The van der Waals surface area contributed by atoms with Gasteiger partial charge in [0.1, 0.15) is 12.7 Å². The molecule has 0 aliphatic carbocycles. The maximum atomic E-state index is 12.0. The van der Waals surface area contributed by atoms with Gasteiger partial charge in [-0.05, 0) is 30.3 Å². The van der Waals surface area contributed by atoms with Gasteiger partial charge in [0.2, 0.25) is 0 Å². The molecule has 26 heavy (non-hydrogen) atoms. The van der Waals surface area contributed by atoms with Crippen molar-refractivity contribution in [1.29, 1.82) is 0 Å². The molecule has 3 rings (SSSR count). The van der Waals surface area contributed by atoms with Crippen LogP contribution in [0.4, 0.5) is 0 Å². The molecule has 0 spiro atoms. The van der Waals surface area contributed by atoms with E-state index in [9.17, 15) is 9.59 Å². The van der Waals surface area contributed by atoms with Crippen LogP contribution in [0.2, 0.25) is 10.0 Å². The van der Waals surface area contributed by atoms with Gasteiger partial charge in [0.25, 0.3) is 5.91 Å². The van der Waals surface area contributed by atoms with Crippen molar-refractivity contribution >= 4 is 35.1 Å². The van der Waals surface area contributed by atoms with E-state index in [1.54, 1.807) is 12.1 Å². The van der Waals surface area contributed by atoms with Gasteiger partial charge in [0, 0.05) is 5.02 Å². The van der Waals surface area contributed by atoms with E-state index >= 15 is 0 Å². The third-order valence-corrected chi connectivity index (χ3v) is 4.14. The third-order valence-electron chi connectivity index (χ3n) is 3.58. The number of hydrogen-bond acceptors (Lipinski definition) is 5. The second-order valence-corrected chi connectivity index (χ2v) is 6.35. The van der Waals surface area contributed by atoms with Gasteiger partial charge in [0.15, 0.2) is 18.1 Å². The summed E-state index contributed by atoms with van der Waals surface area (Å²) >= 11 is 11.7. The highest BCUT2D eigenvalue weighted by molar-refractivity contribution is 6.35. The van der Waals surface area contributed by atoms with Crippen LogP contribution in [0.15, 0.2) is 42.5 Å². The van der Waals surface area contributed by atoms with Gasteiger partial charge >= 0.3 is 5.97 Å². The van der Waals surface area contributed by atoms with Crippen molar-refractivity contribution in [3.63, 3.8) is 0 Å². The molecule has 0 saturated carbocycles. The lowest BCUT2D eigenvalue weighted by molar-refractivity contribution is -0.124. The van der Waals surface area contributed by atoms with Crippen LogP contribution in [0.3, 0.4) is 0 Å². The molecule has 2 aromatic rings. The summed E-state index contributed by atoms with van der Waals surface area (Å²) in [6, 6.07) is 11.7. The fourth-order valence-corrected chi connectivity index (χ4v) is 2.67. The maximum Gasteiger partial charge on any atom is 0.340 e. The van der Waals surface area contributed by atoms with E-state index in [0.717, 1.165) is 0 Å². The van der Waals surface area contributed by atoms with Crippen molar-refractivity contribution in [2.75, 3.05) is 19.8 Å². The van der Waals surface area contributed by atoms with E-state index in [1.165, 1.54) is 12.1 Å². The Morgan fingerprint density at radius 3 is 2.73 bits per heavy atom. The molecule has 1 N–H and O–H groups in total. The number of hydrogen-bond donors (Lipinski definition) is 1. The Bertz CT molecular complexity index is 827. The molecule has 0 radical (unpaired) electrons. The van der Waals surface area contributed by atoms with Gasteiger partial charge in [-0.25, -0.2) is 4.79 Å². The first-order valence-electron chi connectivity index (χ1n) is 7.80. The van der Waals surface area contributed by atoms with E-state index in [0.29, 0.717) is 23.1 Å². The van der Waals surface area contributed by atoms with Crippen LogP contribution in [-0.2, 0) is 9.53 Å². The molecule has 1 amide bonds. The first-order chi connectivity index (χ1) is 12.5. The molecule has 1 aliphatic rings. The van der Waals surface area contributed by atoms with Crippen molar-refractivity contribution in [1.82, 2.24) is 5.32 Å². The van der Waals surface area contributed by atoms with Crippen molar-refractivity contribution in [3.05, 3.63) is 58.1 Å². The molecule has 0 unspecified atom stereocenters. The van der Waals surface area contributed by atoms with E-state index in [1.807, 2.05) is 18.2 Å². The molecular formula is C18H15Cl2NO5. The molecule has 2 aromatic carbocycles. The molecule has 0 saturated heterocycles. The van der Waals surface area contributed by atoms with Gasteiger partial charge in [-0.15, -0.1) is 0 Å². The van der Waals surface area contributed by atoms with Crippen LogP contribution in [-0.4, -0.2) is 37.7 Å². The SMILES string of the molecule is O=C(COC(=O)c1cc(Cl)ccc1Cl)NC[C@H]1COc2ccccc2O1. The number of rotatable bonds is 5. The smallest absolute Gasteiger partial charge is 0.340 e. The van der Waals surface area contributed by atoms with Crippen molar-refractivity contribution in [2.24, 2.45) is 0 Å². The minimum Gasteiger partial charge on any atom is -0.486 e. The Hall–Kier alpha value is -2.44. The van der Waals surface area contributed by atoms with Crippen LogP contribution in [0, 0.1) is 0 Å². The number of fused-ring (bicyclic) bond motifs is 1. The van der Waals surface area contributed by atoms with E-state index < -0.39 is 18.5 Å². The number of esters is 1. The highest BCUT2D eigenvalue weighted by atomic mass is 35.5. The number of halogens is 2. The number of carbonyl (C=O) groups excluding carboxylic acids is 2. The Morgan fingerprint density at radius 2 is 1.92 bits per heavy atom. The predicted octanol–water partition coefficient (Wildman–Crippen LogP) is 3.11. The number of carbonyl (C=O) groups is 2. The largest absolute Gasteiger partial charge is 0.486 e. The van der Waals surface area contributed by atoms with Crippen molar-refractivity contribution < 1.29 is 23.8 Å². The lowest BCUT2D eigenvalue weighted by Gasteiger charge is -2.26. The van der Waals surface area contributed by atoms with E-state index in [2.05, 4.69) is 5.32 Å². The lowest BCUT2D eigenvalue weighted by Crippen LogP contribution is -2.42. The minimum absolute atomic E-state index is 0.104. The number of benzene rings is 2. The Labute approximate surface area is 159 Å². The molecule has 0 bridgehead atoms. The average molecular weight is 396 g/mol. The van der Waals surface area contributed by atoms with Crippen molar-refractivity contribution in [3.8, 4) is 11.5 Å². The Morgan fingerprint density at radius 1 is 1.15 bits per heavy atom. The first-order valence-corrected chi connectivity index (χ1v) is 8.56. The van der Waals surface area contributed by atoms with Gasteiger partial charge in [-0.3, -0.25) is 4.79 Å². The summed E-state index contributed by atoms with van der Waals surface area (Å²) < 4.78 is 16.2. The number of amides is 1. The second-order valence-electron chi connectivity index (χ2n) is 5.50. The zero-order chi connectivity index (χ0) is 18.5. The standard InChI is InChI=1S/C18H15Cl2NO5/c19-11-5-6-14(20)13(7-11)18(23)25-10-17(22)21-8-12-9-24-15-3-1-2-4-16(15)26-12/h1-7,12H,8-10H2,(H,21,22)/t12-/m0/s1. The summed E-state index contributed by atoms with van der Waals surface area (Å²) in [6.07, 6.45) is -0.327. The van der Waals surface area contributed by atoms with Crippen LogP contribution in [0.1, 0.15) is 10.4 Å². The summed E-state index contributed by atoms with van der Waals surface area (Å²) in [5.41, 5.74) is 0.104. The third kappa shape index (κ3) is 4.59. The molecule has 1 heterocycles. The summed E-state index contributed by atoms with van der Waals surface area (Å²) in [7, 11) is 0. The normalized spacial score (nSPS) is 15.2. The van der Waals surface area contributed by atoms with E-state index in [-0.39, 0.29) is 23.2 Å². The molecule has 8 heteroatoms. The zero-order valence-corrected chi connectivity index (χ0v) is 15.0. The van der Waals surface area contributed by atoms with Crippen molar-refractivity contribution in [2.45, 2.75) is 6.10 Å². The molecule has 1 atom stereocenters. The molecule has 0 aromatic heterocycles. The highest BCUT2D eigenvalue weighted by Crippen LogP contribution is 2.30. The molecular weight excluding hydrogens is 381 g/mol. The van der Waals surface area contributed by atoms with Crippen LogP contribution in [0.5, 0.6) is 11.5 Å². The number of para-hydroxylation sites is 2. The molecule has 1 aliphatic heterocycles. The zero-order valence-electron chi connectivity index (χ0n) is 13.5. The van der Waals surface area contributed by atoms with Gasteiger partial charge in [-0.1, -0.05) is 35.3 Å². The summed E-state index contributed by atoms with van der Waals surface area (Å²) in [4.78, 5) is 23.9. The monoisotopic (exact) mass is 395 g/mol. The fourth-order valence-electron chi connectivity index (χ4n) is 2.31. The lowest BCUT2D eigenvalue weighted by atomic mass is 10.2. The molecule has 136 valence electrons. The quantitative estimate of drug-likeness (QED) is 0.787. The topological polar surface area (TPSA) is 73.9 Å². The molecule has 6 nitrogen and oxygen atoms in total. The fraction of sp³-hybridized carbons (Fsp3) is 0.222. The highest BCUT2D eigenvalue weighted by Gasteiger charge is 2.21. The molecule has 0 fully saturated rings. The Balaban J connectivity index is 1.45. The summed E-state index contributed by atoms with van der Waals surface area (Å²) in [5.74, 6) is 0.111. The van der Waals surface area contributed by atoms with Crippen LogP contribution in [0.25, 0.3) is 0 Å². The Kier molecular flexibility index (Phi) is 5.85. The van der Waals surface area contributed by atoms with Gasteiger partial charge in [0.05, 0.1) is 17.1 Å². The predicted molar refractivity (Wildman–Crippen MR) is 96.1 cm³/mol. The maximum absolute atomic E-state index is 12.0. The van der Waals surface area contributed by atoms with Gasteiger partial charge in [-0.2, -0.15) is 0 Å². The number of ether oxygens (including phenoxy) is 3. The average Bonchev–Trinajstić information content (AvgIpc) is 2.66. The minimum atomic E-state index is -0.723. The summed E-state index contributed by atoms with van der Waals surface area (Å²) in [5, 5.41) is 3.18. The van der Waals surface area contributed by atoms with Crippen LogP contribution < -0.4 is 14.8 Å². The van der Waals surface area contributed by atoms with E-state index in [4.69, 9.17) is 37.4 Å².